The molecule has 0 aliphatic heterocycles. The highest BCUT2D eigenvalue weighted by Gasteiger charge is 2.31. The fourth-order valence-electron chi connectivity index (χ4n) is 6.85. The fourth-order valence-corrected chi connectivity index (χ4v) is 6.85. The molecule has 0 heterocycles. The molecule has 0 rings (SSSR count). The summed E-state index contributed by atoms with van der Waals surface area (Å²) in [4.78, 5) is 36.8. The van der Waals surface area contributed by atoms with Crippen LogP contribution in [0.2, 0.25) is 0 Å². The van der Waals surface area contributed by atoms with Gasteiger partial charge in [-0.1, -0.05) is 167 Å². The number of rotatable bonds is 41. The average molecular weight is 767 g/mol. The van der Waals surface area contributed by atoms with Crippen LogP contribution >= 0.6 is 0 Å². The number of carboxylic acids is 1. The van der Waals surface area contributed by atoms with Crippen LogP contribution in [-0.4, -0.2) is 80.6 Å². The van der Waals surface area contributed by atoms with E-state index in [0.717, 1.165) is 38.5 Å². The molecule has 54 heavy (non-hydrogen) atoms. The van der Waals surface area contributed by atoms with Crippen molar-refractivity contribution in [2.24, 2.45) is 0 Å². The number of aliphatic carboxylic acids is 1. The Hall–Kier alpha value is -1.93. The van der Waals surface area contributed by atoms with Crippen LogP contribution in [0, 0.1) is 0 Å². The second kappa shape index (κ2) is 38.0. The first-order valence-electron chi connectivity index (χ1n) is 22.7. The number of ether oxygens (including phenoxy) is 3. The first kappa shape index (κ1) is 52.1. The van der Waals surface area contributed by atoms with Crippen LogP contribution in [0.4, 0.5) is 0 Å². The van der Waals surface area contributed by atoms with Crippen molar-refractivity contribution in [2.45, 2.75) is 225 Å². The van der Waals surface area contributed by atoms with Gasteiger partial charge in [0.2, 0.25) is 0 Å². The molecule has 0 radical (unpaired) electrons. The quantitative estimate of drug-likeness (QED) is 0.0286. The monoisotopic (exact) mass is 767 g/mol. The first-order valence-corrected chi connectivity index (χ1v) is 22.7. The van der Waals surface area contributed by atoms with E-state index in [1.165, 1.54) is 141 Å². The summed E-state index contributed by atoms with van der Waals surface area (Å²) in [5.74, 6) is -1.46. The van der Waals surface area contributed by atoms with Gasteiger partial charge in [0.25, 0.3) is 0 Å². The lowest BCUT2D eigenvalue weighted by Crippen LogP contribution is -2.50. The normalized spacial score (nSPS) is 13.0. The molecule has 318 valence electrons. The maximum atomic E-state index is 12.7. The molecule has 0 spiro atoms. The third-order valence-electron chi connectivity index (χ3n) is 10.4. The molecule has 2 atom stereocenters. The number of carbonyl (C=O) groups is 3. The van der Waals surface area contributed by atoms with Crippen molar-refractivity contribution < 1.29 is 38.2 Å². The molecular weight excluding hydrogens is 679 g/mol. The number of quaternary nitrogens is 1. The lowest BCUT2D eigenvalue weighted by atomic mass is 10.0. The van der Waals surface area contributed by atoms with E-state index >= 15 is 0 Å². The van der Waals surface area contributed by atoms with Crippen molar-refractivity contribution in [3.63, 3.8) is 0 Å². The molecule has 0 amide bonds. The van der Waals surface area contributed by atoms with Crippen molar-refractivity contribution in [1.29, 1.82) is 0 Å². The molecule has 0 bridgehead atoms. The van der Waals surface area contributed by atoms with Gasteiger partial charge in [-0.05, 0) is 38.5 Å². The third-order valence-corrected chi connectivity index (χ3v) is 10.4. The molecule has 0 aliphatic rings. The Labute approximate surface area is 333 Å². The van der Waals surface area contributed by atoms with E-state index < -0.39 is 18.1 Å². The van der Waals surface area contributed by atoms with Gasteiger partial charge in [-0.3, -0.25) is 9.59 Å². The Kier molecular flexibility index (Phi) is 36.6. The van der Waals surface area contributed by atoms with Crippen molar-refractivity contribution in [2.75, 3.05) is 41.0 Å². The first-order chi connectivity index (χ1) is 26.1. The van der Waals surface area contributed by atoms with Crippen molar-refractivity contribution in [1.82, 2.24) is 0 Å². The number of carboxylic acid groups (broad SMARTS) is 1. The van der Waals surface area contributed by atoms with E-state index in [4.69, 9.17) is 14.2 Å². The Morgan fingerprint density at radius 1 is 0.537 bits per heavy atom. The summed E-state index contributed by atoms with van der Waals surface area (Å²) in [5.41, 5.74) is 0. The van der Waals surface area contributed by atoms with E-state index in [1.807, 2.05) is 21.1 Å². The second-order valence-electron chi connectivity index (χ2n) is 16.7. The van der Waals surface area contributed by atoms with Crippen LogP contribution < -0.4 is 0 Å². The molecule has 0 aromatic rings. The Bertz CT molecular complexity index is 900. The van der Waals surface area contributed by atoms with Gasteiger partial charge < -0.3 is 23.8 Å². The summed E-state index contributed by atoms with van der Waals surface area (Å²) in [7, 11) is 5.53. The van der Waals surface area contributed by atoms with Gasteiger partial charge in [-0.15, -0.1) is 0 Å². The number of esters is 2. The SMILES string of the molecule is CCCCCCCCCC/C=C\CCCCCCCCCCCCCC(=O)OC(COCCC(C(=O)O)[N+](C)(C)C)COC(=O)CCCCCCCCC. The van der Waals surface area contributed by atoms with Crippen LogP contribution in [0.25, 0.3) is 0 Å². The molecule has 0 aromatic carbocycles. The minimum Gasteiger partial charge on any atom is -0.477 e. The number of unbranched alkanes of at least 4 members (excludes halogenated alkanes) is 25. The molecule has 8 heteroatoms. The van der Waals surface area contributed by atoms with Crippen LogP contribution in [0.1, 0.15) is 213 Å². The summed E-state index contributed by atoms with van der Waals surface area (Å²) in [6.07, 6.45) is 39.9. The minimum absolute atomic E-state index is 0.0464. The highest BCUT2D eigenvalue weighted by atomic mass is 16.6. The van der Waals surface area contributed by atoms with E-state index in [0.29, 0.717) is 19.3 Å². The van der Waals surface area contributed by atoms with Crippen LogP contribution in [0.3, 0.4) is 0 Å². The number of carbonyl (C=O) groups excluding carboxylic acids is 2. The molecule has 0 saturated carbocycles. The summed E-state index contributed by atoms with van der Waals surface area (Å²) in [6.45, 7) is 4.71. The number of allylic oxidation sites excluding steroid dienone is 2. The van der Waals surface area contributed by atoms with Gasteiger partial charge in [0, 0.05) is 19.3 Å². The minimum atomic E-state index is -0.873. The maximum absolute atomic E-state index is 12.7. The molecule has 0 aliphatic carbocycles. The molecule has 0 fully saturated rings. The van der Waals surface area contributed by atoms with E-state index in [-0.39, 0.29) is 36.2 Å². The van der Waals surface area contributed by atoms with Crippen molar-refractivity contribution in [3.05, 3.63) is 12.2 Å². The topological polar surface area (TPSA) is 99.1 Å². The van der Waals surface area contributed by atoms with Crippen molar-refractivity contribution in [3.8, 4) is 0 Å². The van der Waals surface area contributed by atoms with E-state index in [2.05, 4.69) is 26.0 Å². The molecule has 0 saturated heterocycles. The molecule has 0 aromatic heterocycles. The van der Waals surface area contributed by atoms with E-state index in [1.54, 1.807) is 0 Å². The van der Waals surface area contributed by atoms with Gasteiger partial charge >= 0.3 is 17.9 Å². The lowest BCUT2D eigenvalue weighted by Gasteiger charge is -2.31. The lowest BCUT2D eigenvalue weighted by molar-refractivity contribution is -0.887. The third kappa shape index (κ3) is 35.8. The highest BCUT2D eigenvalue weighted by Crippen LogP contribution is 2.15. The number of nitrogens with zero attached hydrogens (tertiary/aromatic N) is 1. The van der Waals surface area contributed by atoms with Gasteiger partial charge in [-0.25, -0.2) is 4.79 Å². The van der Waals surface area contributed by atoms with Gasteiger partial charge in [-0.2, -0.15) is 0 Å². The largest absolute Gasteiger partial charge is 0.477 e. The van der Waals surface area contributed by atoms with Gasteiger partial charge in [0.1, 0.15) is 6.61 Å². The number of hydrogen-bond donors (Lipinski definition) is 1. The molecule has 1 N–H and O–H groups in total. The zero-order valence-electron chi connectivity index (χ0n) is 36.2. The molecular formula is C46H88NO7+. The summed E-state index contributed by atoms with van der Waals surface area (Å²) in [5, 5.41) is 9.59. The smallest absolute Gasteiger partial charge is 0.362 e. The van der Waals surface area contributed by atoms with Crippen LogP contribution in [-0.2, 0) is 28.6 Å². The fraction of sp³-hybridized carbons (Fsp3) is 0.891. The predicted molar refractivity (Wildman–Crippen MR) is 225 cm³/mol. The Balaban J connectivity index is 4.11. The highest BCUT2D eigenvalue weighted by molar-refractivity contribution is 5.72. The zero-order chi connectivity index (χ0) is 40.0. The standard InChI is InChI=1S/C46H87NO7/c1-6-8-10-12-14-15-16-17-18-19-20-21-22-23-24-25-26-27-28-29-31-33-35-37-45(49)54-42(40-52-39-38-43(46(50)51)47(3,4)5)41-53-44(48)36-34-32-30-13-11-9-7-2/h19-20,42-43H,6-18,21-41H2,1-5H3/p+1/b20-19-. The maximum Gasteiger partial charge on any atom is 0.362 e. The van der Waals surface area contributed by atoms with Crippen LogP contribution in [0.15, 0.2) is 12.2 Å². The molecule has 2 unspecified atom stereocenters. The molecule has 8 nitrogen and oxygen atoms in total. The van der Waals surface area contributed by atoms with Crippen LogP contribution in [0.5, 0.6) is 0 Å². The number of hydrogen-bond acceptors (Lipinski definition) is 6. The summed E-state index contributed by atoms with van der Waals surface area (Å²) in [6, 6.07) is -0.609. The Morgan fingerprint density at radius 2 is 0.926 bits per heavy atom. The predicted octanol–water partition coefficient (Wildman–Crippen LogP) is 12.3. The van der Waals surface area contributed by atoms with Gasteiger partial charge in [0.05, 0.1) is 34.4 Å². The second-order valence-corrected chi connectivity index (χ2v) is 16.7. The summed E-state index contributed by atoms with van der Waals surface area (Å²) < 4.78 is 17.2. The van der Waals surface area contributed by atoms with E-state index in [9.17, 15) is 19.5 Å². The number of likely N-dealkylation sites (N-methyl/N-ethyl adjacent to an activating group) is 1. The average Bonchev–Trinajstić information content (AvgIpc) is 3.12. The Morgan fingerprint density at radius 3 is 1.33 bits per heavy atom. The zero-order valence-corrected chi connectivity index (χ0v) is 36.2. The summed E-state index contributed by atoms with van der Waals surface area (Å²) >= 11 is 0. The van der Waals surface area contributed by atoms with Gasteiger partial charge in [0.15, 0.2) is 12.1 Å². The van der Waals surface area contributed by atoms with Crippen molar-refractivity contribution >= 4 is 17.9 Å².